The first-order valence-electron chi connectivity index (χ1n) is 9.03. The van der Waals surface area contributed by atoms with Crippen molar-refractivity contribution in [2.45, 2.75) is 20.5 Å². The number of carbonyl (C=O) groups excluding carboxylic acids is 1. The lowest BCUT2D eigenvalue weighted by atomic mass is 10.0. The van der Waals surface area contributed by atoms with E-state index in [0.717, 1.165) is 16.5 Å². The zero-order valence-electron chi connectivity index (χ0n) is 16.8. The Morgan fingerprint density at radius 2 is 1.79 bits per heavy atom. The largest absolute Gasteiger partial charge is 0.503 e. The van der Waals surface area contributed by atoms with Gasteiger partial charge in [-0.05, 0) is 36.6 Å². The van der Waals surface area contributed by atoms with E-state index < -0.39 is 5.97 Å². The maximum Gasteiger partial charge on any atom is 0.341 e. The Morgan fingerprint density at radius 1 is 1.03 bits per heavy atom. The van der Waals surface area contributed by atoms with Gasteiger partial charge in [0.05, 0.1) is 20.5 Å². The fourth-order valence-corrected chi connectivity index (χ4v) is 3.07. The lowest BCUT2D eigenvalue weighted by Crippen LogP contribution is -2.09. The predicted octanol–water partition coefficient (Wildman–Crippen LogP) is 4.15. The molecule has 0 aliphatic rings. The SMILES string of the molecule is CO/C=C(/C(=O)OC)c1ccccc1COc1cccc2c(C)c(C)c(=O)oc12. The number of esters is 1. The summed E-state index contributed by atoms with van der Waals surface area (Å²) in [6.45, 7) is 3.77. The molecular formula is C23H22O6. The van der Waals surface area contributed by atoms with Gasteiger partial charge in [0, 0.05) is 10.9 Å². The van der Waals surface area contributed by atoms with Crippen molar-refractivity contribution in [1.82, 2.24) is 0 Å². The molecule has 0 amide bonds. The molecule has 0 saturated carbocycles. The molecule has 6 nitrogen and oxygen atoms in total. The van der Waals surface area contributed by atoms with E-state index >= 15 is 0 Å². The first kappa shape index (κ1) is 20.2. The van der Waals surface area contributed by atoms with Gasteiger partial charge >= 0.3 is 11.6 Å². The summed E-state index contributed by atoms with van der Waals surface area (Å²) in [5.74, 6) is -0.0607. The van der Waals surface area contributed by atoms with Crippen molar-refractivity contribution >= 4 is 22.5 Å². The van der Waals surface area contributed by atoms with E-state index in [0.29, 0.717) is 22.5 Å². The number of rotatable bonds is 6. The molecule has 0 aliphatic heterocycles. The van der Waals surface area contributed by atoms with Crippen LogP contribution in [0.1, 0.15) is 22.3 Å². The van der Waals surface area contributed by atoms with Gasteiger partial charge in [-0.2, -0.15) is 0 Å². The lowest BCUT2D eigenvalue weighted by molar-refractivity contribution is -0.133. The van der Waals surface area contributed by atoms with Gasteiger partial charge in [-0.3, -0.25) is 0 Å². The highest BCUT2D eigenvalue weighted by Gasteiger charge is 2.18. The smallest absolute Gasteiger partial charge is 0.341 e. The molecule has 0 saturated heterocycles. The average molecular weight is 394 g/mol. The highest BCUT2D eigenvalue weighted by atomic mass is 16.5. The Labute approximate surface area is 168 Å². The third-order valence-electron chi connectivity index (χ3n) is 4.78. The zero-order chi connectivity index (χ0) is 21.0. The van der Waals surface area contributed by atoms with Crippen LogP contribution in [0, 0.1) is 13.8 Å². The van der Waals surface area contributed by atoms with Crippen molar-refractivity contribution in [2.75, 3.05) is 14.2 Å². The lowest BCUT2D eigenvalue weighted by Gasteiger charge is -2.14. The predicted molar refractivity (Wildman–Crippen MR) is 110 cm³/mol. The van der Waals surface area contributed by atoms with Crippen LogP contribution in [0.15, 0.2) is 57.9 Å². The molecule has 3 aromatic rings. The molecule has 0 unspecified atom stereocenters. The number of hydrogen-bond acceptors (Lipinski definition) is 6. The molecular weight excluding hydrogens is 372 g/mol. The number of aryl methyl sites for hydroxylation is 1. The van der Waals surface area contributed by atoms with E-state index in [4.69, 9.17) is 18.6 Å². The molecule has 2 aromatic carbocycles. The normalized spacial score (nSPS) is 11.4. The van der Waals surface area contributed by atoms with Crippen LogP contribution in [0.4, 0.5) is 0 Å². The van der Waals surface area contributed by atoms with Crippen molar-refractivity contribution in [2.24, 2.45) is 0 Å². The Morgan fingerprint density at radius 3 is 2.52 bits per heavy atom. The number of hydrogen-bond donors (Lipinski definition) is 0. The zero-order valence-corrected chi connectivity index (χ0v) is 16.8. The maximum absolute atomic E-state index is 12.1. The second kappa shape index (κ2) is 8.65. The fourth-order valence-electron chi connectivity index (χ4n) is 3.07. The molecule has 29 heavy (non-hydrogen) atoms. The number of carbonyl (C=O) groups is 1. The van der Waals surface area contributed by atoms with Crippen LogP contribution in [-0.2, 0) is 20.9 Å². The Hall–Kier alpha value is -3.54. The molecule has 0 fully saturated rings. The summed E-state index contributed by atoms with van der Waals surface area (Å²) in [5, 5.41) is 0.822. The van der Waals surface area contributed by atoms with Crippen LogP contribution in [0.3, 0.4) is 0 Å². The Bertz CT molecular complexity index is 1140. The van der Waals surface area contributed by atoms with Crippen LogP contribution in [-0.4, -0.2) is 20.2 Å². The molecule has 0 bridgehead atoms. The van der Waals surface area contributed by atoms with Crippen LogP contribution < -0.4 is 10.4 Å². The van der Waals surface area contributed by atoms with Gasteiger partial charge in [-0.15, -0.1) is 0 Å². The van der Waals surface area contributed by atoms with Gasteiger partial charge in [0.25, 0.3) is 0 Å². The number of benzene rings is 2. The molecule has 1 aromatic heterocycles. The molecule has 0 N–H and O–H groups in total. The highest BCUT2D eigenvalue weighted by Crippen LogP contribution is 2.29. The van der Waals surface area contributed by atoms with E-state index in [9.17, 15) is 9.59 Å². The summed E-state index contributed by atoms with van der Waals surface area (Å²) >= 11 is 0. The molecule has 0 aliphatic carbocycles. The van der Waals surface area contributed by atoms with E-state index in [1.807, 2.05) is 37.3 Å². The van der Waals surface area contributed by atoms with Crippen molar-refractivity contribution < 1.29 is 23.4 Å². The maximum atomic E-state index is 12.1. The van der Waals surface area contributed by atoms with Gasteiger partial charge < -0.3 is 18.6 Å². The third kappa shape index (κ3) is 4.01. The molecule has 0 radical (unpaired) electrons. The topological polar surface area (TPSA) is 75.0 Å². The van der Waals surface area contributed by atoms with Gasteiger partial charge in [0.2, 0.25) is 0 Å². The van der Waals surface area contributed by atoms with E-state index in [2.05, 4.69) is 0 Å². The van der Waals surface area contributed by atoms with E-state index in [1.54, 1.807) is 19.1 Å². The number of ether oxygens (including phenoxy) is 3. The molecule has 6 heteroatoms. The number of fused-ring (bicyclic) bond motifs is 1. The fraction of sp³-hybridized carbons (Fsp3) is 0.217. The quantitative estimate of drug-likeness (QED) is 0.271. The highest BCUT2D eigenvalue weighted by molar-refractivity contribution is 6.16. The molecule has 0 spiro atoms. The third-order valence-corrected chi connectivity index (χ3v) is 4.78. The molecule has 1 heterocycles. The van der Waals surface area contributed by atoms with E-state index in [1.165, 1.54) is 20.5 Å². The van der Waals surface area contributed by atoms with Crippen molar-refractivity contribution in [1.29, 1.82) is 0 Å². The minimum Gasteiger partial charge on any atom is -0.503 e. The monoisotopic (exact) mass is 394 g/mol. The van der Waals surface area contributed by atoms with Gasteiger partial charge in [-0.25, -0.2) is 9.59 Å². The molecule has 3 rings (SSSR count). The van der Waals surface area contributed by atoms with Crippen LogP contribution in [0.2, 0.25) is 0 Å². The Balaban J connectivity index is 1.99. The molecule has 0 atom stereocenters. The number of para-hydroxylation sites is 1. The first-order chi connectivity index (χ1) is 14.0. The van der Waals surface area contributed by atoms with E-state index in [-0.39, 0.29) is 17.8 Å². The summed E-state index contributed by atoms with van der Waals surface area (Å²) in [4.78, 5) is 24.3. The average Bonchev–Trinajstić information content (AvgIpc) is 2.74. The van der Waals surface area contributed by atoms with Gasteiger partial charge in [-0.1, -0.05) is 36.4 Å². The van der Waals surface area contributed by atoms with Gasteiger partial charge in [0.15, 0.2) is 11.3 Å². The first-order valence-corrected chi connectivity index (χ1v) is 9.03. The van der Waals surface area contributed by atoms with Crippen LogP contribution in [0.25, 0.3) is 16.5 Å². The molecule has 150 valence electrons. The summed E-state index contributed by atoms with van der Waals surface area (Å²) < 4.78 is 21.4. The summed E-state index contributed by atoms with van der Waals surface area (Å²) in [7, 11) is 2.78. The van der Waals surface area contributed by atoms with Crippen LogP contribution in [0.5, 0.6) is 5.75 Å². The standard InChI is InChI=1S/C23H22O6/c1-14-15(2)22(24)29-21-17(14)10-7-11-20(21)28-12-16-8-5-6-9-18(16)19(13-26-3)23(25)27-4/h5-11,13H,12H2,1-4H3/b19-13+. The summed E-state index contributed by atoms with van der Waals surface area (Å²) in [6.07, 6.45) is 1.34. The minimum atomic E-state index is -0.512. The number of methoxy groups -OCH3 is 2. The minimum absolute atomic E-state index is 0.157. The summed E-state index contributed by atoms with van der Waals surface area (Å²) in [6, 6.07) is 12.8. The van der Waals surface area contributed by atoms with Crippen molar-refractivity contribution in [3.05, 3.63) is 81.4 Å². The van der Waals surface area contributed by atoms with Crippen molar-refractivity contribution in [3.8, 4) is 5.75 Å². The van der Waals surface area contributed by atoms with Crippen molar-refractivity contribution in [3.63, 3.8) is 0 Å². The van der Waals surface area contributed by atoms with Gasteiger partial charge in [0.1, 0.15) is 12.2 Å². The second-order valence-corrected chi connectivity index (χ2v) is 6.48. The second-order valence-electron chi connectivity index (χ2n) is 6.48. The summed E-state index contributed by atoms with van der Waals surface area (Å²) in [5.41, 5.74) is 3.12. The Kier molecular flexibility index (Phi) is 6.02. The van der Waals surface area contributed by atoms with Crippen LogP contribution >= 0.6 is 0 Å².